The minimum absolute atomic E-state index is 0.378. The van der Waals surface area contributed by atoms with Crippen LogP contribution in [-0.4, -0.2) is 18.3 Å². The monoisotopic (exact) mass is 179 g/mol. The molecular weight excluding hydrogens is 166 g/mol. The summed E-state index contributed by atoms with van der Waals surface area (Å²) in [6, 6.07) is 0. The molecule has 0 amide bonds. The fourth-order valence-corrected chi connectivity index (χ4v) is 1.39. The van der Waals surface area contributed by atoms with Gasteiger partial charge in [0.25, 0.3) is 10.1 Å². The van der Waals surface area contributed by atoms with E-state index in [4.69, 9.17) is 10.3 Å². The average Bonchev–Trinajstić information content (AvgIpc) is 2.62. The second-order valence-corrected chi connectivity index (χ2v) is 4.71. The summed E-state index contributed by atoms with van der Waals surface area (Å²) in [7, 11) is -3.99. The van der Waals surface area contributed by atoms with E-state index >= 15 is 0 Å². The van der Waals surface area contributed by atoms with Crippen LogP contribution in [0.4, 0.5) is 0 Å². The van der Waals surface area contributed by atoms with Crippen molar-refractivity contribution in [2.24, 2.45) is 11.7 Å². The minimum Gasteiger partial charge on any atom is -0.313 e. The molecule has 66 valence electrons. The van der Waals surface area contributed by atoms with Gasteiger partial charge < -0.3 is 5.73 Å². The van der Waals surface area contributed by atoms with Gasteiger partial charge in [-0.3, -0.25) is 4.55 Å². The summed E-state index contributed by atoms with van der Waals surface area (Å²) in [6.07, 6.45) is 3.56. The number of hydrogen-bond acceptors (Lipinski definition) is 3. The first kappa shape index (κ1) is 8.96. The molecule has 5 heteroatoms. The standard InChI is InChI=1S/C6H13NO3S/c7-6(11(8,9)10)4-3-5-1-2-5/h5-6H,1-4,7H2,(H,8,9,10). The molecule has 1 unspecified atom stereocenters. The zero-order chi connectivity index (χ0) is 8.48. The zero-order valence-electron chi connectivity index (χ0n) is 6.23. The molecule has 0 spiro atoms. The Morgan fingerprint density at radius 1 is 1.55 bits per heavy atom. The van der Waals surface area contributed by atoms with Crippen molar-refractivity contribution in [3.63, 3.8) is 0 Å². The predicted octanol–water partition coefficient (Wildman–Crippen LogP) is 0.349. The summed E-state index contributed by atoms with van der Waals surface area (Å²) in [5.41, 5.74) is 5.19. The first-order chi connectivity index (χ1) is 5.00. The SMILES string of the molecule is NC(CCC1CC1)S(=O)(=O)O. The Kier molecular flexibility index (Phi) is 2.51. The fourth-order valence-electron chi connectivity index (χ4n) is 0.955. The molecular formula is C6H13NO3S. The van der Waals surface area contributed by atoms with Gasteiger partial charge in [-0.1, -0.05) is 12.8 Å². The van der Waals surface area contributed by atoms with E-state index in [-0.39, 0.29) is 0 Å². The lowest BCUT2D eigenvalue weighted by atomic mass is 10.2. The molecule has 1 aliphatic rings. The van der Waals surface area contributed by atoms with Crippen molar-refractivity contribution in [1.29, 1.82) is 0 Å². The van der Waals surface area contributed by atoms with E-state index in [1.54, 1.807) is 0 Å². The lowest BCUT2D eigenvalue weighted by molar-refractivity contribution is 0.458. The van der Waals surface area contributed by atoms with Crippen LogP contribution in [0, 0.1) is 5.92 Å². The molecule has 0 heterocycles. The molecule has 1 rings (SSSR count). The molecule has 0 bridgehead atoms. The molecule has 3 N–H and O–H groups in total. The van der Waals surface area contributed by atoms with Crippen molar-refractivity contribution in [3.8, 4) is 0 Å². The third-order valence-electron chi connectivity index (χ3n) is 1.94. The van der Waals surface area contributed by atoms with Crippen LogP contribution in [0.5, 0.6) is 0 Å². The summed E-state index contributed by atoms with van der Waals surface area (Å²) in [4.78, 5) is 0. The van der Waals surface area contributed by atoms with Crippen molar-refractivity contribution in [1.82, 2.24) is 0 Å². The highest BCUT2D eigenvalue weighted by atomic mass is 32.2. The summed E-state index contributed by atoms with van der Waals surface area (Å²) in [6.45, 7) is 0. The normalized spacial score (nSPS) is 21.6. The minimum atomic E-state index is -3.99. The molecule has 0 aromatic rings. The first-order valence-electron chi connectivity index (χ1n) is 3.72. The molecule has 1 saturated carbocycles. The van der Waals surface area contributed by atoms with E-state index in [2.05, 4.69) is 0 Å². The van der Waals surface area contributed by atoms with Crippen LogP contribution >= 0.6 is 0 Å². The third-order valence-corrected chi connectivity index (χ3v) is 2.94. The lowest BCUT2D eigenvalue weighted by Crippen LogP contribution is -2.29. The lowest BCUT2D eigenvalue weighted by Gasteiger charge is -2.05. The molecule has 0 aromatic heterocycles. The van der Waals surface area contributed by atoms with E-state index in [1.807, 2.05) is 0 Å². The quantitative estimate of drug-likeness (QED) is 0.610. The van der Waals surface area contributed by atoms with Gasteiger partial charge >= 0.3 is 0 Å². The number of rotatable bonds is 4. The predicted molar refractivity (Wildman–Crippen MR) is 41.5 cm³/mol. The average molecular weight is 179 g/mol. The molecule has 1 atom stereocenters. The van der Waals surface area contributed by atoms with Crippen LogP contribution in [0.25, 0.3) is 0 Å². The molecule has 1 fully saturated rings. The highest BCUT2D eigenvalue weighted by Gasteiger charge is 2.25. The van der Waals surface area contributed by atoms with Gasteiger partial charge in [0.15, 0.2) is 0 Å². The number of hydrogen-bond donors (Lipinski definition) is 2. The summed E-state index contributed by atoms with van der Waals surface area (Å²) in [5, 5.41) is -1.08. The van der Waals surface area contributed by atoms with Gasteiger partial charge in [-0.2, -0.15) is 8.42 Å². The highest BCUT2D eigenvalue weighted by Crippen LogP contribution is 2.33. The van der Waals surface area contributed by atoms with Crippen molar-refractivity contribution in [2.45, 2.75) is 31.1 Å². The number of nitrogens with two attached hydrogens (primary N) is 1. The van der Waals surface area contributed by atoms with Crippen LogP contribution in [0.2, 0.25) is 0 Å². The second kappa shape index (κ2) is 3.08. The molecule has 0 saturated heterocycles. The maximum absolute atomic E-state index is 10.4. The van der Waals surface area contributed by atoms with E-state index in [9.17, 15) is 8.42 Å². The van der Waals surface area contributed by atoms with Gasteiger partial charge in [-0.25, -0.2) is 0 Å². The Morgan fingerprint density at radius 3 is 2.45 bits per heavy atom. The third kappa shape index (κ3) is 3.18. The van der Waals surface area contributed by atoms with Crippen LogP contribution in [0.3, 0.4) is 0 Å². The molecule has 11 heavy (non-hydrogen) atoms. The second-order valence-electron chi connectivity index (χ2n) is 3.07. The van der Waals surface area contributed by atoms with Crippen LogP contribution in [0.15, 0.2) is 0 Å². The van der Waals surface area contributed by atoms with E-state index < -0.39 is 15.5 Å². The fraction of sp³-hybridized carbons (Fsp3) is 1.00. The Morgan fingerprint density at radius 2 is 2.09 bits per heavy atom. The van der Waals surface area contributed by atoms with Gasteiger partial charge in [0.2, 0.25) is 0 Å². The van der Waals surface area contributed by atoms with E-state index in [0.29, 0.717) is 12.3 Å². The molecule has 4 nitrogen and oxygen atoms in total. The van der Waals surface area contributed by atoms with Gasteiger partial charge in [-0.15, -0.1) is 0 Å². The maximum Gasteiger partial charge on any atom is 0.280 e. The van der Waals surface area contributed by atoms with E-state index in [1.165, 1.54) is 12.8 Å². The van der Waals surface area contributed by atoms with Crippen LogP contribution in [0.1, 0.15) is 25.7 Å². The summed E-state index contributed by atoms with van der Waals surface area (Å²) in [5.74, 6) is 0.655. The Balaban J connectivity index is 2.24. The Bertz CT molecular complexity index is 220. The summed E-state index contributed by atoms with van der Waals surface area (Å²) < 4.78 is 29.3. The summed E-state index contributed by atoms with van der Waals surface area (Å²) >= 11 is 0. The molecule has 0 aromatic carbocycles. The molecule has 1 aliphatic carbocycles. The topological polar surface area (TPSA) is 80.4 Å². The molecule has 0 aliphatic heterocycles. The van der Waals surface area contributed by atoms with Crippen molar-refractivity contribution >= 4 is 10.1 Å². The van der Waals surface area contributed by atoms with Crippen molar-refractivity contribution < 1.29 is 13.0 Å². The van der Waals surface area contributed by atoms with Crippen molar-refractivity contribution in [2.75, 3.05) is 0 Å². The Labute approximate surface area is 66.5 Å². The largest absolute Gasteiger partial charge is 0.313 e. The van der Waals surface area contributed by atoms with Crippen LogP contribution < -0.4 is 5.73 Å². The first-order valence-corrected chi connectivity index (χ1v) is 5.22. The van der Waals surface area contributed by atoms with Gasteiger partial charge in [0.1, 0.15) is 5.37 Å². The Hall–Kier alpha value is -0.130. The van der Waals surface area contributed by atoms with Gasteiger partial charge in [0.05, 0.1) is 0 Å². The van der Waals surface area contributed by atoms with Crippen molar-refractivity contribution in [3.05, 3.63) is 0 Å². The smallest absolute Gasteiger partial charge is 0.280 e. The van der Waals surface area contributed by atoms with Gasteiger partial charge in [0, 0.05) is 0 Å². The van der Waals surface area contributed by atoms with Gasteiger partial charge in [-0.05, 0) is 18.8 Å². The molecule has 0 radical (unpaired) electrons. The highest BCUT2D eigenvalue weighted by molar-refractivity contribution is 7.86. The maximum atomic E-state index is 10.4. The van der Waals surface area contributed by atoms with E-state index in [0.717, 1.165) is 6.42 Å². The zero-order valence-corrected chi connectivity index (χ0v) is 7.05. The van der Waals surface area contributed by atoms with Crippen LogP contribution in [-0.2, 0) is 10.1 Å².